The van der Waals surface area contributed by atoms with Crippen molar-refractivity contribution < 1.29 is 4.79 Å². The van der Waals surface area contributed by atoms with E-state index < -0.39 is 0 Å². The Morgan fingerprint density at radius 3 is 2.95 bits per heavy atom. The number of hydrogen-bond acceptors (Lipinski definition) is 5. The first-order chi connectivity index (χ1) is 9.72. The summed E-state index contributed by atoms with van der Waals surface area (Å²) in [7, 11) is 0. The Balaban J connectivity index is 1.76. The van der Waals surface area contributed by atoms with Crippen LogP contribution in [0.4, 0.5) is 5.82 Å². The van der Waals surface area contributed by atoms with Gasteiger partial charge >= 0.3 is 0 Å². The second-order valence-corrected chi connectivity index (χ2v) is 5.41. The first-order valence-electron chi connectivity index (χ1n) is 5.92. The van der Waals surface area contributed by atoms with Crippen LogP contribution in [-0.2, 0) is 0 Å². The number of aromatic nitrogens is 4. The third-order valence-electron chi connectivity index (χ3n) is 2.62. The third kappa shape index (κ3) is 2.57. The van der Waals surface area contributed by atoms with Crippen LogP contribution in [0.15, 0.2) is 36.8 Å². The molecular weight excluding hydrogens is 274 g/mol. The van der Waals surface area contributed by atoms with Crippen LogP contribution >= 0.6 is 11.3 Å². The molecular formula is C13H11N5OS. The van der Waals surface area contributed by atoms with Crippen molar-refractivity contribution in [2.45, 2.75) is 6.92 Å². The van der Waals surface area contributed by atoms with Gasteiger partial charge in [-0.1, -0.05) is 0 Å². The Morgan fingerprint density at radius 2 is 2.25 bits per heavy atom. The van der Waals surface area contributed by atoms with Gasteiger partial charge in [-0.2, -0.15) is 5.10 Å². The lowest BCUT2D eigenvalue weighted by Crippen LogP contribution is -2.13. The van der Waals surface area contributed by atoms with Crippen LogP contribution in [0.2, 0.25) is 0 Å². The number of carbonyl (C=O) groups is 1. The topological polar surface area (TPSA) is 83.6 Å². The third-order valence-corrected chi connectivity index (χ3v) is 3.66. The minimum absolute atomic E-state index is 0.254. The number of nitrogens with zero attached hydrogens (tertiary/aromatic N) is 3. The van der Waals surface area contributed by atoms with Crippen molar-refractivity contribution in [1.29, 1.82) is 0 Å². The summed E-state index contributed by atoms with van der Waals surface area (Å²) in [6.45, 7) is 2.04. The average molecular weight is 285 g/mol. The zero-order chi connectivity index (χ0) is 13.9. The minimum atomic E-state index is -0.335. The van der Waals surface area contributed by atoms with Crippen LogP contribution in [0.5, 0.6) is 0 Å². The van der Waals surface area contributed by atoms with Gasteiger partial charge in [0.15, 0.2) is 5.82 Å². The number of thiophene rings is 1. The van der Waals surface area contributed by atoms with E-state index in [0.29, 0.717) is 5.82 Å². The molecule has 0 aliphatic rings. The summed E-state index contributed by atoms with van der Waals surface area (Å²) < 4.78 is 0. The smallest absolute Gasteiger partial charge is 0.277 e. The monoisotopic (exact) mass is 285 g/mol. The number of rotatable bonds is 3. The van der Waals surface area contributed by atoms with Gasteiger partial charge in [0.2, 0.25) is 0 Å². The molecule has 0 unspecified atom stereocenters. The number of carbonyl (C=O) groups excluding carboxylic acids is 1. The maximum atomic E-state index is 11.9. The first kappa shape index (κ1) is 12.5. The number of aryl methyl sites for hydroxylation is 1. The van der Waals surface area contributed by atoms with Crippen LogP contribution in [0.25, 0.3) is 10.6 Å². The first-order valence-corrected chi connectivity index (χ1v) is 6.73. The molecule has 1 amide bonds. The van der Waals surface area contributed by atoms with Crippen LogP contribution in [-0.4, -0.2) is 26.1 Å². The molecule has 0 saturated heterocycles. The molecule has 7 heteroatoms. The quantitative estimate of drug-likeness (QED) is 0.774. The predicted octanol–water partition coefficient (Wildman–Crippen LogP) is 2.49. The number of aromatic amines is 1. The van der Waals surface area contributed by atoms with E-state index in [-0.39, 0.29) is 11.6 Å². The van der Waals surface area contributed by atoms with Gasteiger partial charge < -0.3 is 5.32 Å². The summed E-state index contributed by atoms with van der Waals surface area (Å²) in [6, 6.07) is 5.85. The standard InChI is InChI=1S/C13H11N5OS/c1-8-2-3-11(20-8)9-6-12(18-17-9)16-13(19)10-7-14-4-5-15-10/h2-7H,1H3,(H2,16,17,18,19). The normalized spacial score (nSPS) is 10.4. The average Bonchev–Trinajstić information content (AvgIpc) is 3.09. The fourth-order valence-corrected chi connectivity index (χ4v) is 2.52. The summed E-state index contributed by atoms with van der Waals surface area (Å²) in [4.78, 5) is 22.0. The second kappa shape index (κ2) is 5.22. The summed E-state index contributed by atoms with van der Waals surface area (Å²) >= 11 is 1.66. The van der Waals surface area contributed by atoms with E-state index in [1.54, 1.807) is 17.4 Å². The van der Waals surface area contributed by atoms with E-state index >= 15 is 0 Å². The van der Waals surface area contributed by atoms with Crippen molar-refractivity contribution in [2.24, 2.45) is 0 Å². The lowest BCUT2D eigenvalue weighted by Gasteiger charge is -1.98. The SMILES string of the molecule is Cc1ccc(-c2cc(NC(=O)c3cnccn3)n[nH]2)s1. The molecule has 0 aromatic carbocycles. The number of nitrogens with one attached hydrogen (secondary N) is 2. The van der Waals surface area contributed by atoms with E-state index in [2.05, 4.69) is 25.5 Å². The molecule has 0 saturated carbocycles. The van der Waals surface area contributed by atoms with Crippen LogP contribution in [0.1, 0.15) is 15.4 Å². The van der Waals surface area contributed by atoms with Crippen molar-refractivity contribution in [3.63, 3.8) is 0 Å². The lowest BCUT2D eigenvalue weighted by atomic mass is 10.3. The molecule has 0 spiro atoms. The Bertz CT molecular complexity index is 734. The largest absolute Gasteiger partial charge is 0.304 e. The summed E-state index contributed by atoms with van der Waals surface area (Å²) in [5, 5.41) is 9.65. The number of anilines is 1. The fraction of sp³-hybridized carbons (Fsp3) is 0.0769. The van der Waals surface area contributed by atoms with Gasteiger partial charge in [0, 0.05) is 23.3 Å². The van der Waals surface area contributed by atoms with Gasteiger partial charge in [0.25, 0.3) is 5.91 Å². The number of hydrogen-bond donors (Lipinski definition) is 2. The Kier molecular flexibility index (Phi) is 3.26. The molecule has 3 aromatic heterocycles. The highest BCUT2D eigenvalue weighted by molar-refractivity contribution is 7.15. The number of amides is 1. The van der Waals surface area contributed by atoms with Crippen molar-refractivity contribution in [3.05, 3.63) is 47.4 Å². The molecule has 0 bridgehead atoms. The van der Waals surface area contributed by atoms with E-state index in [1.807, 2.05) is 19.1 Å². The molecule has 20 heavy (non-hydrogen) atoms. The van der Waals surface area contributed by atoms with Gasteiger partial charge in [0.05, 0.1) is 16.8 Å². The maximum Gasteiger partial charge on any atom is 0.277 e. The molecule has 6 nitrogen and oxygen atoms in total. The van der Waals surface area contributed by atoms with E-state index in [4.69, 9.17) is 0 Å². The molecule has 3 heterocycles. The van der Waals surface area contributed by atoms with Gasteiger partial charge in [-0.05, 0) is 19.1 Å². The molecule has 3 aromatic rings. The van der Waals surface area contributed by atoms with E-state index in [9.17, 15) is 4.79 Å². The molecule has 0 radical (unpaired) electrons. The molecule has 0 fully saturated rings. The van der Waals surface area contributed by atoms with Crippen molar-refractivity contribution in [1.82, 2.24) is 20.2 Å². The van der Waals surface area contributed by atoms with Crippen LogP contribution < -0.4 is 5.32 Å². The molecule has 100 valence electrons. The molecule has 0 aliphatic carbocycles. The van der Waals surface area contributed by atoms with Gasteiger partial charge in [-0.15, -0.1) is 11.3 Å². The van der Waals surface area contributed by atoms with Gasteiger partial charge in [-0.25, -0.2) is 4.98 Å². The highest BCUT2D eigenvalue weighted by atomic mass is 32.1. The highest BCUT2D eigenvalue weighted by Crippen LogP contribution is 2.27. The molecule has 2 N–H and O–H groups in total. The zero-order valence-corrected chi connectivity index (χ0v) is 11.4. The Labute approximate surface area is 118 Å². The minimum Gasteiger partial charge on any atom is -0.304 e. The number of H-pyrrole nitrogens is 1. The predicted molar refractivity (Wildman–Crippen MR) is 76.6 cm³/mol. The summed E-state index contributed by atoms with van der Waals surface area (Å²) in [5.74, 6) is 0.125. The van der Waals surface area contributed by atoms with Gasteiger partial charge in [-0.3, -0.25) is 14.9 Å². The zero-order valence-electron chi connectivity index (χ0n) is 10.6. The van der Waals surface area contributed by atoms with Crippen molar-refractivity contribution in [2.75, 3.05) is 5.32 Å². The maximum absolute atomic E-state index is 11.9. The van der Waals surface area contributed by atoms with Crippen molar-refractivity contribution >= 4 is 23.1 Å². The molecule has 0 aliphatic heterocycles. The van der Waals surface area contributed by atoms with Crippen LogP contribution in [0.3, 0.4) is 0 Å². The summed E-state index contributed by atoms with van der Waals surface area (Å²) in [6.07, 6.45) is 4.40. The molecule has 0 atom stereocenters. The summed E-state index contributed by atoms with van der Waals surface area (Å²) in [5.41, 5.74) is 1.13. The second-order valence-electron chi connectivity index (χ2n) is 4.12. The Morgan fingerprint density at radius 1 is 1.35 bits per heavy atom. The Hall–Kier alpha value is -2.54. The highest BCUT2D eigenvalue weighted by Gasteiger charge is 2.11. The lowest BCUT2D eigenvalue weighted by molar-refractivity contribution is 0.102. The van der Waals surface area contributed by atoms with E-state index in [0.717, 1.165) is 10.6 Å². The molecule has 3 rings (SSSR count). The fourth-order valence-electron chi connectivity index (χ4n) is 1.69. The van der Waals surface area contributed by atoms with Crippen molar-refractivity contribution in [3.8, 4) is 10.6 Å². The van der Waals surface area contributed by atoms with Crippen LogP contribution in [0, 0.1) is 6.92 Å². The van der Waals surface area contributed by atoms with Gasteiger partial charge in [0.1, 0.15) is 5.69 Å². The van der Waals surface area contributed by atoms with E-state index in [1.165, 1.54) is 23.5 Å².